The highest BCUT2D eigenvalue weighted by atomic mass is 127. The second-order valence-electron chi connectivity index (χ2n) is 6.11. The largest absolute Gasteiger partial charge is 0.364 e. The van der Waals surface area contributed by atoms with E-state index in [0.717, 1.165) is 17.4 Å². The molecule has 1 N–H and O–H groups in total. The Bertz CT molecular complexity index is 861. The number of aliphatic imine (C=N–C) groups is 1. The van der Waals surface area contributed by atoms with Crippen LogP contribution in [-0.2, 0) is 28.7 Å². The molecule has 0 radical (unpaired) electrons. The Morgan fingerprint density at radius 3 is 2.68 bits per heavy atom. The molecule has 1 saturated heterocycles. The number of hydrogen-bond donors (Lipinski definition) is 1. The monoisotopic (exact) mass is 540 g/mol. The molecule has 3 rings (SSSR count). The topological polar surface area (TPSA) is 104 Å². The molecule has 0 atom stereocenters. The predicted octanol–water partition coefficient (Wildman–Crippen LogP) is 1.53. The number of rotatable bonds is 6. The van der Waals surface area contributed by atoms with E-state index in [2.05, 4.69) is 32.3 Å². The summed E-state index contributed by atoms with van der Waals surface area (Å²) in [6.45, 7) is 4.71. The molecule has 1 aliphatic heterocycles. The number of guanidine groups is 1. The van der Waals surface area contributed by atoms with Gasteiger partial charge in [0, 0.05) is 50.4 Å². The van der Waals surface area contributed by atoms with Gasteiger partial charge in [0.25, 0.3) is 0 Å². The lowest BCUT2D eigenvalue weighted by atomic mass is 10.4. The smallest absolute Gasteiger partial charge is 0.220 e. The summed E-state index contributed by atoms with van der Waals surface area (Å²) in [5.41, 5.74) is 0.421. The third kappa shape index (κ3) is 5.87. The van der Waals surface area contributed by atoms with Gasteiger partial charge in [-0.3, -0.25) is 4.99 Å². The van der Waals surface area contributed by atoms with Crippen LogP contribution in [0.1, 0.15) is 22.5 Å². The predicted molar refractivity (Wildman–Crippen MR) is 119 cm³/mol. The van der Waals surface area contributed by atoms with Crippen molar-refractivity contribution >= 4 is 51.3 Å². The highest BCUT2D eigenvalue weighted by Crippen LogP contribution is 2.14. The van der Waals surface area contributed by atoms with E-state index in [9.17, 15) is 8.42 Å². The van der Waals surface area contributed by atoms with E-state index in [4.69, 9.17) is 4.52 Å². The van der Waals surface area contributed by atoms with Gasteiger partial charge in [-0.05, 0) is 6.42 Å². The molecule has 0 spiro atoms. The van der Waals surface area contributed by atoms with Crippen LogP contribution in [0.4, 0.5) is 0 Å². The second kappa shape index (κ2) is 10.5. The summed E-state index contributed by atoms with van der Waals surface area (Å²) in [4.78, 5) is 12.0. The van der Waals surface area contributed by atoms with Crippen molar-refractivity contribution in [1.29, 1.82) is 0 Å². The molecular formula is C16H25IN6O3S2. The molecule has 0 unspecified atom stereocenters. The molecule has 0 aromatic carbocycles. The minimum Gasteiger partial charge on any atom is -0.364 e. The van der Waals surface area contributed by atoms with Crippen molar-refractivity contribution in [3.05, 3.63) is 34.1 Å². The van der Waals surface area contributed by atoms with Crippen molar-refractivity contribution in [3.63, 3.8) is 0 Å². The van der Waals surface area contributed by atoms with Crippen molar-refractivity contribution in [2.24, 2.45) is 4.99 Å². The van der Waals surface area contributed by atoms with E-state index >= 15 is 0 Å². The Kier molecular flexibility index (Phi) is 8.64. The van der Waals surface area contributed by atoms with E-state index in [1.807, 2.05) is 6.20 Å². The number of halogens is 1. The maximum Gasteiger partial charge on any atom is 0.220 e. The Labute approximate surface area is 186 Å². The molecule has 1 aliphatic rings. The first-order valence-electron chi connectivity index (χ1n) is 8.78. The summed E-state index contributed by atoms with van der Waals surface area (Å²) in [6, 6.07) is 1.57. The number of sulfonamides is 1. The van der Waals surface area contributed by atoms with Gasteiger partial charge in [0.15, 0.2) is 5.96 Å². The van der Waals surface area contributed by atoms with Crippen LogP contribution in [-0.4, -0.2) is 66.9 Å². The van der Waals surface area contributed by atoms with Crippen LogP contribution in [0, 0.1) is 0 Å². The van der Waals surface area contributed by atoms with E-state index in [1.54, 1.807) is 24.5 Å². The zero-order chi connectivity index (χ0) is 19.3. The molecule has 2 aromatic heterocycles. The Morgan fingerprint density at radius 1 is 1.36 bits per heavy atom. The summed E-state index contributed by atoms with van der Waals surface area (Å²) in [7, 11) is -1.67. The number of hydrogen-bond acceptors (Lipinski definition) is 7. The van der Waals surface area contributed by atoms with E-state index in [1.165, 1.54) is 15.4 Å². The number of aryl methyl sites for hydroxylation is 1. The Hall–Kier alpha value is -1.25. The van der Waals surface area contributed by atoms with Gasteiger partial charge in [0.05, 0.1) is 12.2 Å². The SMILES string of the molecule is CCc1cnc(CNC(=NC)N2CCN(S(=O)(=O)Cc3ccon3)CC2)s1.I. The Morgan fingerprint density at radius 2 is 2.11 bits per heavy atom. The normalized spacial score (nSPS) is 16.1. The van der Waals surface area contributed by atoms with Crippen molar-refractivity contribution in [2.45, 2.75) is 25.6 Å². The van der Waals surface area contributed by atoms with Gasteiger partial charge in [-0.2, -0.15) is 4.31 Å². The molecule has 0 bridgehead atoms. The van der Waals surface area contributed by atoms with E-state index < -0.39 is 10.0 Å². The zero-order valence-corrected chi connectivity index (χ0v) is 19.8. The van der Waals surface area contributed by atoms with Gasteiger partial charge in [-0.1, -0.05) is 12.1 Å². The van der Waals surface area contributed by atoms with Crippen LogP contribution in [0.2, 0.25) is 0 Å². The zero-order valence-electron chi connectivity index (χ0n) is 15.9. The van der Waals surface area contributed by atoms with E-state index in [0.29, 0.717) is 38.4 Å². The molecule has 1 fully saturated rings. The van der Waals surface area contributed by atoms with Crippen LogP contribution in [0.5, 0.6) is 0 Å². The molecule has 9 nitrogen and oxygen atoms in total. The minimum absolute atomic E-state index is 0. The molecule has 28 heavy (non-hydrogen) atoms. The van der Waals surface area contributed by atoms with Crippen LogP contribution in [0.25, 0.3) is 0 Å². The van der Waals surface area contributed by atoms with Gasteiger partial charge in [0.2, 0.25) is 10.0 Å². The summed E-state index contributed by atoms with van der Waals surface area (Å²) in [6.07, 6.45) is 4.27. The van der Waals surface area contributed by atoms with Crippen molar-refractivity contribution < 1.29 is 12.9 Å². The van der Waals surface area contributed by atoms with Gasteiger partial charge < -0.3 is 14.7 Å². The van der Waals surface area contributed by atoms with E-state index in [-0.39, 0.29) is 29.7 Å². The molecule has 0 saturated carbocycles. The van der Waals surface area contributed by atoms with Crippen LogP contribution in [0.3, 0.4) is 0 Å². The third-order valence-electron chi connectivity index (χ3n) is 4.31. The molecular weight excluding hydrogens is 515 g/mol. The standard InChI is InChI=1S/C16H24N6O3S2.HI/c1-3-14-10-18-15(26-14)11-19-16(17-2)21-5-7-22(8-6-21)27(23,24)12-13-4-9-25-20-13;/h4,9-10H,3,5-8,11-12H2,1-2H3,(H,17,19);1H. The number of thiazole rings is 1. The molecule has 0 amide bonds. The van der Waals surface area contributed by atoms with Crippen molar-refractivity contribution in [1.82, 2.24) is 24.7 Å². The molecule has 156 valence electrons. The van der Waals surface area contributed by atoms with Gasteiger partial charge in [-0.15, -0.1) is 35.3 Å². The second-order valence-corrected chi connectivity index (χ2v) is 9.28. The molecule has 2 aromatic rings. The van der Waals surface area contributed by atoms with Crippen LogP contribution < -0.4 is 5.32 Å². The highest BCUT2D eigenvalue weighted by Gasteiger charge is 2.29. The first-order valence-corrected chi connectivity index (χ1v) is 11.2. The average molecular weight is 540 g/mol. The van der Waals surface area contributed by atoms with Gasteiger partial charge in [-0.25, -0.2) is 13.4 Å². The van der Waals surface area contributed by atoms with Gasteiger partial charge in [0.1, 0.15) is 17.0 Å². The van der Waals surface area contributed by atoms with Crippen LogP contribution in [0.15, 0.2) is 28.0 Å². The first-order chi connectivity index (χ1) is 13.0. The summed E-state index contributed by atoms with van der Waals surface area (Å²) in [5, 5.41) is 8.02. The third-order valence-corrected chi connectivity index (χ3v) is 7.27. The fourth-order valence-electron chi connectivity index (χ4n) is 2.85. The first kappa shape index (κ1) is 23.0. The maximum absolute atomic E-state index is 12.5. The maximum atomic E-state index is 12.5. The number of piperazine rings is 1. The van der Waals surface area contributed by atoms with Crippen LogP contribution >= 0.6 is 35.3 Å². The van der Waals surface area contributed by atoms with Crippen molar-refractivity contribution in [3.8, 4) is 0 Å². The number of nitrogens with zero attached hydrogens (tertiary/aromatic N) is 5. The van der Waals surface area contributed by atoms with Crippen molar-refractivity contribution in [2.75, 3.05) is 33.2 Å². The molecule has 0 aliphatic carbocycles. The highest BCUT2D eigenvalue weighted by molar-refractivity contribution is 14.0. The molecule has 12 heteroatoms. The fourth-order valence-corrected chi connectivity index (χ4v) is 5.08. The molecule has 3 heterocycles. The fraction of sp³-hybridized carbons (Fsp3) is 0.562. The number of nitrogens with one attached hydrogen (secondary N) is 1. The summed E-state index contributed by atoms with van der Waals surface area (Å²) in [5.74, 6) is 0.622. The lowest BCUT2D eigenvalue weighted by Gasteiger charge is -2.35. The van der Waals surface area contributed by atoms with Gasteiger partial charge >= 0.3 is 0 Å². The average Bonchev–Trinajstić information content (AvgIpc) is 3.34. The Balaban J connectivity index is 0.00000280. The lowest BCUT2D eigenvalue weighted by Crippen LogP contribution is -2.53. The quantitative estimate of drug-likeness (QED) is 0.337. The summed E-state index contributed by atoms with van der Waals surface area (Å²) >= 11 is 1.69. The number of aromatic nitrogens is 2. The minimum atomic E-state index is -3.40. The lowest BCUT2D eigenvalue weighted by molar-refractivity contribution is 0.259. The summed E-state index contributed by atoms with van der Waals surface area (Å²) < 4.78 is 31.2.